The SMILES string of the molecule is COc1cc(N2CC(CN=[N+]=[N-])CC2=O)ccc1C(C)=O. The lowest BCUT2D eigenvalue weighted by Gasteiger charge is -2.18. The summed E-state index contributed by atoms with van der Waals surface area (Å²) < 4.78 is 5.21. The van der Waals surface area contributed by atoms with E-state index < -0.39 is 0 Å². The Labute approximate surface area is 122 Å². The van der Waals surface area contributed by atoms with Crippen LogP contribution >= 0.6 is 0 Å². The van der Waals surface area contributed by atoms with E-state index in [1.807, 2.05) is 0 Å². The van der Waals surface area contributed by atoms with Crippen LogP contribution in [0.3, 0.4) is 0 Å². The number of carbonyl (C=O) groups excluding carboxylic acids is 2. The van der Waals surface area contributed by atoms with E-state index in [9.17, 15) is 9.59 Å². The third-order valence-corrected chi connectivity index (χ3v) is 3.48. The standard InChI is InChI=1S/C14H16N4O3/c1-9(19)12-4-3-11(6-13(12)21-2)18-8-10(5-14(18)20)7-16-17-15/h3-4,6,10H,5,7-8H2,1-2H3. The Bertz CT molecular complexity index is 623. The second kappa shape index (κ2) is 6.28. The van der Waals surface area contributed by atoms with E-state index in [0.717, 1.165) is 0 Å². The number of anilines is 1. The fraction of sp³-hybridized carbons (Fsp3) is 0.429. The number of benzene rings is 1. The Kier molecular flexibility index (Phi) is 4.45. The van der Waals surface area contributed by atoms with Gasteiger partial charge in [-0.2, -0.15) is 0 Å². The molecule has 1 atom stereocenters. The topological polar surface area (TPSA) is 95.4 Å². The van der Waals surface area contributed by atoms with Crippen molar-refractivity contribution < 1.29 is 14.3 Å². The molecule has 110 valence electrons. The lowest BCUT2D eigenvalue weighted by atomic mass is 10.1. The van der Waals surface area contributed by atoms with E-state index in [1.54, 1.807) is 23.1 Å². The van der Waals surface area contributed by atoms with Crippen LogP contribution in [0, 0.1) is 5.92 Å². The van der Waals surface area contributed by atoms with Crippen LogP contribution in [0.4, 0.5) is 5.69 Å². The molecule has 1 heterocycles. The molecule has 7 nitrogen and oxygen atoms in total. The van der Waals surface area contributed by atoms with Crippen molar-refractivity contribution in [2.24, 2.45) is 11.0 Å². The third kappa shape index (κ3) is 3.14. The number of rotatable bonds is 5. The van der Waals surface area contributed by atoms with Gasteiger partial charge in [-0.25, -0.2) is 0 Å². The highest BCUT2D eigenvalue weighted by molar-refractivity contribution is 5.99. The second-order valence-corrected chi connectivity index (χ2v) is 4.93. The van der Waals surface area contributed by atoms with E-state index in [1.165, 1.54) is 14.0 Å². The first-order valence-electron chi connectivity index (χ1n) is 6.57. The minimum absolute atomic E-state index is 0.0203. The minimum Gasteiger partial charge on any atom is -0.496 e. The fourth-order valence-corrected chi connectivity index (χ4v) is 2.44. The highest BCUT2D eigenvalue weighted by Crippen LogP contribution is 2.30. The van der Waals surface area contributed by atoms with Crippen molar-refractivity contribution in [3.63, 3.8) is 0 Å². The maximum atomic E-state index is 12.1. The van der Waals surface area contributed by atoms with Crippen molar-refractivity contribution in [1.29, 1.82) is 0 Å². The first-order chi connectivity index (χ1) is 10.1. The predicted octanol–water partition coefficient (Wildman–Crippen LogP) is 2.56. The zero-order chi connectivity index (χ0) is 15.4. The predicted molar refractivity (Wildman–Crippen MR) is 77.5 cm³/mol. The molecular formula is C14H16N4O3. The summed E-state index contributed by atoms with van der Waals surface area (Å²) in [7, 11) is 1.49. The molecule has 1 unspecified atom stereocenters. The van der Waals surface area contributed by atoms with Gasteiger partial charge in [-0.3, -0.25) is 9.59 Å². The van der Waals surface area contributed by atoms with Gasteiger partial charge >= 0.3 is 0 Å². The zero-order valence-electron chi connectivity index (χ0n) is 11.9. The van der Waals surface area contributed by atoms with Gasteiger partial charge in [0.15, 0.2) is 5.78 Å². The van der Waals surface area contributed by atoms with Crippen LogP contribution in [-0.2, 0) is 4.79 Å². The molecular weight excluding hydrogens is 272 g/mol. The molecule has 1 amide bonds. The number of nitrogens with zero attached hydrogens (tertiary/aromatic N) is 4. The Hall–Kier alpha value is -2.53. The number of hydrogen-bond donors (Lipinski definition) is 0. The Balaban J connectivity index is 2.24. The molecule has 21 heavy (non-hydrogen) atoms. The van der Waals surface area contributed by atoms with Crippen molar-refractivity contribution >= 4 is 17.4 Å². The molecule has 1 aromatic rings. The molecule has 0 bridgehead atoms. The molecule has 1 saturated heterocycles. The Morgan fingerprint density at radius 1 is 1.57 bits per heavy atom. The summed E-state index contributed by atoms with van der Waals surface area (Å²) >= 11 is 0. The highest BCUT2D eigenvalue weighted by Gasteiger charge is 2.30. The third-order valence-electron chi connectivity index (χ3n) is 3.48. The molecule has 0 N–H and O–H groups in total. The van der Waals surface area contributed by atoms with Gasteiger partial charge in [-0.05, 0) is 30.5 Å². The molecule has 2 rings (SSSR count). The van der Waals surface area contributed by atoms with Gasteiger partial charge in [-0.15, -0.1) is 0 Å². The van der Waals surface area contributed by atoms with E-state index >= 15 is 0 Å². The van der Waals surface area contributed by atoms with Gasteiger partial charge in [0.2, 0.25) is 5.91 Å². The quantitative estimate of drug-likeness (QED) is 0.360. The molecule has 0 spiro atoms. The molecule has 1 aromatic carbocycles. The number of ketones is 1. The van der Waals surface area contributed by atoms with Crippen molar-refractivity contribution in [2.45, 2.75) is 13.3 Å². The smallest absolute Gasteiger partial charge is 0.227 e. The average molecular weight is 288 g/mol. The number of amides is 1. The molecule has 1 fully saturated rings. The number of hydrogen-bond acceptors (Lipinski definition) is 4. The molecule has 7 heteroatoms. The van der Waals surface area contributed by atoms with E-state index in [0.29, 0.717) is 36.5 Å². The normalized spacial score (nSPS) is 17.5. The first kappa shape index (κ1) is 14.9. The highest BCUT2D eigenvalue weighted by atomic mass is 16.5. The number of methoxy groups -OCH3 is 1. The number of carbonyl (C=O) groups is 2. The minimum atomic E-state index is -0.0904. The van der Waals surface area contributed by atoms with Gasteiger partial charge < -0.3 is 9.64 Å². The maximum Gasteiger partial charge on any atom is 0.227 e. The summed E-state index contributed by atoms with van der Waals surface area (Å²) in [6, 6.07) is 5.07. The maximum absolute atomic E-state index is 12.1. The van der Waals surface area contributed by atoms with Gasteiger partial charge in [-0.1, -0.05) is 5.11 Å². The van der Waals surface area contributed by atoms with Gasteiger partial charge in [0.1, 0.15) is 5.75 Å². The van der Waals surface area contributed by atoms with Crippen molar-refractivity contribution in [1.82, 2.24) is 0 Å². The summed E-state index contributed by atoms with van der Waals surface area (Å²) in [5, 5.41) is 3.52. The number of Topliss-reactive ketones (excluding diaryl/α,β-unsaturated/α-hetero) is 1. The number of ether oxygens (including phenoxy) is 1. The van der Waals surface area contributed by atoms with Gasteiger partial charge in [0.05, 0.1) is 12.7 Å². The largest absolute Gasteiger partial charge is 0.496 e. The molecule has 0 radical (unpaired) electrons. The van der Waals surface area contributed by atoms with E-state index in [2.05, 4.69) is 10.0 Å². The van der Waals surface area contributed by atoms with E-state index in [-0.39, 0.29) is 17.6 Å². The average Bonchev–Trinajstić information content (AvgIpc) is 2.85. The van der Waals surface area contributed by atoms with Crippen LogP contribution in [0.15, 0.2) is 23.3 Å². The van der Waals surface area contributed by atoms with E-state index in [4.69, 9.17) is 10.3 Å². The summed E-state index contributed by atoms with van der Waals surface area (Å²) in [6.07, 6.45) is 0.357. The van der Waals surface area contributed by atoms with Gasteiger partial charge in [0.25, 0.3) is 0 Å². The number of azide groups is 1. The summed E-state index contributed by atoms with van der Waals surface area (Å²) in [5.74, 6) is 0.358. The van der Waals surface area contributed by atoms with Crippen LogP contribution in [0.25, 0.3) is 10.4 Å². The summed E-state index contributed by atoms with van der Waals surface area (Å²) in [6.45, 7) is 2.27. The summed E-state index contributed by atoms with van der Waals surface area (Å²) in [4.78, 5) is 27.9. The van der Waals surface area contributed by atoms with Crippen molar-refractivity contribution in [3.05, 3.63) is 34.2 Å². The lowest BCUT2D eigenvalue weighted by molar-refractivity contribution is -0.117. The first-order valence-corrected chi connectivity index (χ1v) is 6.57. The zero-order valence-corrected chi connectivity index (χ0v) is 11.9. The van der Waals surface area contributed by atoms with Crippen LogP contribution < -0.4 is 9.64 Å². The molecule has 0 aliphatic carbocycles. The monoisotopic (exact) mass is 288 g/mol. The Morgan fingerprint density at radius 2 is 2.33 bits per heavy atom. The lowest BCUT2D eigenvalue weighted by Crippen LogP contribution is -2.24. The summed E-state index contributed by atoms with van der Waals surface area (Å²) in [5.41, 5.74) is 9.51. The molecule has 1 aliphatic rings. The van der Waals surface area contributed by atoms with Crippen LogP contribution in [0.1, 0.15) is 23.7 Å². The van der Waals surface area contributed by atoms with Crippen LogP contribution in [0.2, 0.25) is 0 Å². The van der Waals surface area contributed by atoms with Crippen molar-refractivity contribution in [2.75, 3.05) is 25.1 Å². The molecule has 1 aliphatic heterocycles. The second-order valence-electron chi connectivity index (χ2n) is 4.93. The molecule has 0 aromatic heterocycles. The molecule has 0 saturated carbocycles. The van der Waals surface area contributed by atoms with Crippen LogP contribution in [0.5, 0.6) is 5.75 Å². The Morgan fingerprint density at radius 3 is 2.95 bits per heavy atom. The van der Waals surface area contributed by atoms with Gasteiger partial charge in [0, 0.05) is 36.2 Å². The fourth-order valence-electron chi connectivity index (χ4n) is 2.44. The van der Waals surface area contributed by atoms with Crippen molar-refractivity contribution in [3.8, 4) is 5.75 Å². The van der Waals surface area contributed by atoms with Crippen LogP contribution in [-0.4, -0.2) is 31.9 Å².